The molecule has 1 unspecified atom stereocenters. The third-order valence-electron chi connectivity index (χ3n) is 2.33. The molecule has 0 saturated heterocycles. The molecule has 0 fully saturated rings. The van der Waals surface area contributed by atoms with E-state index in [4.69, 9.17) is 14.9 Å². The first kappa shape index (κ1) is 12.4. The average Bonchev–Trinajstić information content (AvgIpc) is 2.77. The Morgan fingerprint density at radius 3 is 3.00 bits per heavy atom. The van der Waals surface area contributed by atoms with Gasteiger partial charge in [0.2, 0.25) is 0 Å². The maximum Gasteiger partial charge on any atom is 0.256 e. The molecule has 2 rings (SSSR count). The first-order valence-corrected chi connectivity index (χ1v) is 6.62. The van der Waals surface area contributed by atoms with Gasteiger partial charge in [-0.25, -0.2) is 4.98 Å². The maximum absolute atomic E-state index is 5.61. The number of oxazole rings is 1. The summed E-state index contributed by atoms with van der Waals surface area (Å²) in [6.45, 7) is 3.16. The third-order valence-corrected chi connectivity index (χ3v) is 3.29. The molecule has 2 aromatic rings. The summed E-state index contributed by atoms with van der Waals surface area (Å²) in [5.41, 5.74) is 7.31. The van der Waals surface area contributed by atoms with Gasteiger partial charge in [0.15, 0.2) is 5.58 Å². The zero-order valence-electron chi connectivity index (χ0n) is 9.76. The Labute approximate surface area is 105 Å². The normalized spacial score (nSPS) is 13.1. The molecule has 0 spiro atoms. The van der Waals surface area contributed by atoms with Crippen LogP contribution in [-0.4, -0.2) is 30.0 Å². The second-order valence-corrected chi connectivity index (χ2v) is 4.54. The minimum atomic E-state index is 0.0556. The summed E-state index contributed by atoms with van der Waals surface area (Å²) in [5.74, 6) is 0.761. The van der Waals surface area contributed by atoms with E-state index < -0.39 is 0 Å². The molecule has 0 aliphatic heterocycles. The van der Waals surface area contributed by atoms with Crippen LogP contribution < -0.4 is 5.73 Å². The Balaban J connectivity index is 1.98. The van der Waals surface area contributed by atoms with Gasteiger partial charge in [-0.1, -0.05) is 23.9 Å². The van der Waals surface area contributed by atoms with Crippen molar-refractivity contribution in [1.82, 2.24) is 4.98 Å². The zero-order chi connectivity index (χ0) is 12.1. The van der Waals surface area contributed by atoms with Gasteiger partial charge in [0.1, 0.15) is 5.52 Å². The van der Waals surface area contributed by atoms with Crippen molar-refractivity contribution in [3.8, 4) is 0 Å². The number of ether oxygens (including phenoxy) is 1. The van der Waals surface area contributed by atoms with Crippen molar-refractivity contribution < 1.29 is 9.15 Å². The van der Waals surface area contributed by atoms with Gasteiger partial charge >= 0.3 is 0 Å². The summed E-state index contributed by atoms with van der Waals surface area (Å²) in [6, 6.07) is 7.73. The maximum atomic E-state index is 5.61. The van der Waals surface area contributed by atoms with Gasteiger partial charge < -0.3 is 14.9 Å². The molecule has 1 atom stereocenters. The topological polar surface area (TPSA) is 61.3 Å². The Hall–Kier alpha value is -1.04. The van der Waals surface area contributed by atoms with Gasteiger partial charge in [0.05, 0.1) is 6.10 Å². The fourth-order valence-electron chi connectivity index (χ4n) is 1.50. The standard InChI is InChI=1S/C12H16N2O2S/c1-2-15-9(7-13)8-17-12-14-10-5-3-4-6-11(10)16-12/h3-6,9H,2,7-8,13H2,1H3. The molecule has 0 amide bonds. The number of nitrogens with zero attached hydrogens (tertiary/aromatic N) is 1. The minimum absolute atomic E-state index is 0.0556. The van der Waals surface area contributed by atoms with Gasteiger partial charge in [-0.2, -0.15) is 0 Å². The lowest BCUT2D eigenvalue weighted by molar-refractivity contribution is 0.0857. The Morgan fingerprint density at radius 2 is 2.29 bits per heavy atom. The Bertz CT molecular complexity index is 439. The number of rotatable bonds is 6. The predicted octanol–water partition coefficient (Wildman–Crippen LogP) is 2.28. The fourth-order valence-corrected chi connectivity index (χ4v) is 2.37. The van der Waals surface area contributed by atoms with Crippen molar-refractivity contribution in [2.24, 2.45) is 5.73 Å². The molecule has 1 heterocycles. The van der Waals surface area contributed by atoms with Crippen LogP contribution >= 0.6 is 11.8 Å². The fraction of sp³-hybridized carbons (Fsp3) is 0.417. The molecule has 0 radical (unpaired) electrons. The molecule has 17 heavy (non-hydrogen) atoms. The number of para-hydroxylation sites is 2. The largest absolute Gasteiger partial charge is 0.431 e. The molecule has 1 aromatic heterocycles. The van der Waals surface area contributed by atoms with Crippen LogP contribution in [0.4, 0.5) is 0 Å². The number of fused-ring (bicyclic) bond motifs is 1. The summed E-state index contributed by atoms with van der Waals surface area (Å²) in [7, 11) is 0. The van der Waals surface area contributed by atoms with Crippen LogP contribution in [0, 0.1) is 0 Å². The number of benzene rings is 1. The molecular formula is C12H16N2O2S. The third kappa shape index (κ3) is 3.21. The van der Waals surface area contributed by atoms with Crippen molar-refractivity contribution in [2.45, 2.75) is 18.3 Å². The molecule has 0 aliphatic carbocycles. The summed E-state index contributed by atoms with van der Waals surface area (Å²) < 4.78 is 11.1. The highest BCUT2D eigenvalue weighted by atomic mass is 32.2. The number of aromatic nitrogens is 1. The van der Waals surface area contributed by atoms with E-state index >= 15 is 0 Å². The van der Waals surface area contributed by atoms with E-state index in [9.17, 15) is 0 Å². The number of nitrogens with two attached hydrogens (primary N) is 1. The highest BCUT2D eigenvalue weighted by molar-refractivity contribution is 7.99. The molecule has 0 bridgehead atoms. The molecule has 0 saturated carbocycles. The van der Waals surface area contributed by atoms with Crippen molar-refractivity contribution in [2.75, 3.05) is 18.9 Å². The van der Waals surface area contributed by atoms with Gasteiger partial charge in [0.25, 0.3) is 5.22 Å². The number of thioether (sulfide) groups is 1. The van der Waals surface area contributed by atoms with Crippen molar-refractivity contribution in [3.63, 3.8) is 0 Å². The van der Waals surface area contributed by atoms with Crippen LogP contribution in [0.5, 0.6) is 0 Å². The van der Waals surface area contributed by atoms with Crippen LogP contribution in [0.2, 0.25) is 0 Å². The predicted molar refractivity (Wildman–Crippen MR) is 69.2 cm³/mol. The van der Waals surface area contributed by atoms with Gasteiger partial charge in [-0.3, -0.25) is 0 Å². The van der Waals surface area contributed by atoms with E-state index in [1.807, 2.05) is 31.2 Å². The first-order chi connectivity index (χ1) is 8.33. The van der Waals surface area contributed by atoms with Crippen LogP contribution in [-0.2, 0) is 4.74 Å². The van der Waals surface area contributed by atoms with E-state index in [1.54, 1.807) is 0 Å². The molecule has 0 aliphatic rings. The van der Waals surface area contributed by atoms with E-state index in [1.165, 1.54) is 11.8 Å². The number of hydrogen-bond donors (Lipinski definition) is 1. The Morgan fingerprint density at radius 1 is 1.47 bits per heavy atom. The minimum Gasteiger partial charge on any atom is -0.431 e. The molecule has 4 nitrogen and oxygen atoms in total. The summed E-state index contributed by atoms with van der Waals surface area (Å²) in [5, 5.41) is 0.671. The lowest BCUT2D eigenvalue weighted by Gasteiger charge is -2.12. The van der Waals surface area contributed by atoms with Gasteiger partial charge in [-0.15, -0.1) is 0 Å². The quantitative estimate of drug-likeness (QED) is 0.799. The van der Waals surface area contributed by atoms with E-state index in [-0.39, 0.29) is 6.10 Å². The first-order valence-electron chi connectivity index (χ1n) is 5.63. The van der Waals surface area contributed by atoms with Gasteiger partial charge in [0, 0.05) is 18.9 Å². The van der Waals surface area contributed by atoms with Crippen molar-refractivity contribution in [1.29, 1.82) is 0 Å². The van der Waals surface area contributed by atoms with Crippen LogP contribution in [0.15, 0.2) is 33.9 Å². The summed E-state index contributed by atoms with van der Waals surface area (Å²) >= 11 is 1.54. The van der Waals surface area contributed by atoms with E-state index in [0.29, 0.717) is 18.4 Å². The second kappa shape index (κ2) is 6.05. The van der Waals surface area contributed by atoms with Crippen LogP contribution in [0.1, 0.15) is 6.92 Å². The lowest BCUT2D eigenvalue weighted by Crippen LogP contribution is -2.26. The van der Waals surface area contributed by atoms with Crippen LogP contribution in [0.25, 0.3) is 11.1 Å². The Kier molecular flexibility index (Phi) is 4.42. The molecule has 1 aromatic carbocycles. The monoisotopic (exact) mass is 252 g/mol. The lowest BCUT2D eigenvalue weighted by atomic mass is 10.3. The second-order valence-electron chi connectivity index (χ2n) is 3.57. The highest BCUT2D eigenvalue weighted by Crippen LogP contribution is 2.23. The van der Waals surface area contributed by atoms with Crippen molar-refractivity contribution in [3.05, 3.63) is 24.3 Å². The van der Waals surface area contributed by atoms with Crippen molar-refractivity contribution >= 4 is 22.9 Å². The molecule has 5 heteroatoms. The highest BCUT2D eigenvalue weighted by Gasteiger charge is 2.10. The summed E-state index contributed by atoms with van der Waals surface area (Å²) in [4.78, 5) is 4.38. The van der Waals surface area contributed by atoms with Gasteiger partial charge in [-0.05, 0) is 19.1 Å². The smallest absolute Gasteiger partial charge is 0.256 e. The van der Waals surface area contributed by atoms with Crippen LogP contribution in [0.3, 0.4) is 0 Å². The molecular weight excluding hydrogens is 236 g/mol. The SMILES string of the molecule is CCOC(CN)CSc1nc2ccccc2o1. The molecule has 2 N–H and O–H groups in total. The van der Waals surface area contributed by atoms with E-state index in [0.717, 1.165) is 16.9 Å². The molecule has 92 valence electrons. The summed E-state index contributed by atoms with van der Waals surface area (Å²) in [6.07, 6.45) is 0.0556. The van der Waals surface area contributed by atoms with E-state index in [2.05, 4.69) is 4.98 Å². The average molecular weight is 252 g/mol. The zero-order valence-corrected chi connectivity index (χ0v) is 10.6. The number of hydrogen-bond acceptors (Lipinski definition) is 5.